The van der Waals surface area contributed by atoms with E-state index in [0.717, 1.165) is 57.1 Å². The minimum Gasteiger partial charge on any atom is -0.399 e. The molecular weight excluding hydrogens is 254 g/mol. The van der Waals surface area contributed by atoms with Gasteiger partial charge >= 0.3 is 0 Å². The van der Waals surface area contributed by atoms with Gasteiger partial charge in [-0.1, -0.05) is 0 Å². The normalized spacial score (nSPS) is 24.9. The second-order valence-corrected chi connectivity index (χ2v) is 5.39. The van der Waals surface area contributed by atoms with E-state index >= 15 is 0 Å². The van der Waals surface area contributed by atoms with E-state index in [9.17, 15) is 4.79 Å². The van der Waals surface area contributed by atoms with E-state index < -0.39 is 0 Å². The second kappa shape index (κ2) is 5.81. The average molecular weight is 275 g/mol. The van der Waals surface area contributed by atoms with Crippen LogP contribution in [-0.2, 0) is 9.53 Å². The van der Waals surface area contributed by atoms with Gasteiger partial charge in [0.2, 0.25) is 5.91 Å². The highest BCUT2D eigenvalue weighted by atomic mass is 16.5. The van der Waals surface area contributed by atoms with Crippen LogP contribution in [0.5, 0.6) is 0 Å². The molecule has 2 heterocycles. The van der Waals surface area contributed by atoms with Crippen molar-refractivity contribution in [3.8, 4) is 0 Å². The first-order valence-corrected chi connectivity index (χ1v) is 7.24. The average Bonchev–Trinajstić information content (AvgIpc) is 2.49. The van der Waals surface area contributed by atoms with Crippen LogP contribution in [0.4, 0.5) is 11.4 Å². The molecular formula is C15H21N3O2. The van der Waals surface area contributed by atoms with Crippen molar-refractivity contribution in [3.05, 3.63) is 24.3 Å². The Morgan fingerprint density at radius 1 is 1.10 bits per heavy atom. The van der Waals surface area contributed by atoms with Gasteiger partial charge in [0, 0.05) is 31.0 Å². The van der Waals surface area contributed by atoms with Crippen molar-refractivity contribution in [2.24, 2.45) is 0 Å². The summed E-state index contributed by atoms with van der Waals surface area (Å²) in [6.45, 7) is 3.96. The highest BCUT2D eigenvalue weighted by Crippen LogP contribution is 2.25. The molecule has 2 N–H and O–H groups in total. The number of morpholine rings is 1. The summed E-state index contributed by atoms with van der Waals surface area (Å²) < 4.78 is 5.37. The number of nitrogen functional groups attached to an aromatic ring is 1. The molecule has 0 aliphatic carbocycles. The van der Waals surface area contributed by atoms with Crippen LogP contribution in [0.15, 0.2) is 24.3 Å². The maximum atomic E-state index is 12.7. The van der Waals surface area contributed by atoms with Crippen molar-refractivity contribution in [1.29, 1.82) is 0 Å². The highest BCUT2D eigenvalue weighted by molar-refractivity contribution is 5.98. The standard InChI is InChI=1S/C15H21N3O2/c16-12-3-5-13(6-4-12)18-7-1-2-14(15(18)19)17-8-10-20-11-9-17/h3-6,14H,1-2,7-11,16H2. The summed E-state index contributed by atoms with van der Waals surface area (Å²) in [6.07, 6.45) is 1.99. The van der Waals surface area contributed by atoms with Gasteiger partial charge in [-0.15, -0.1) is 0 Å². The van der Waals surface area contributed by atoms with Crippen LogP contribution in [0.3, 0.4) is 0 Å². The van der Waals surface area contributed by atoms with Crippen LogP contribution < -0.4 is 10.6 Å². The topological polar surface area (TPSA) is 58.8 Å². The molecule has 5 nitrogen and oxygen atoms in total. The van der Waals surface area contributed by atoms with Gasteiger partial charge in [0.1, 0.15) is 0 Å². The summed E-state index contributed by atoms with van der Waals surface area (Å²) in [5, 5.41) is 0. The van der Waals surface area contributed by atoms with E-state index in [4.69, 9.17) is 10.5 Å². The fourth-order valence-corrected chi connectivity index (χ4v) is 2.99. The third-order valence-electron chi connectivity index (χ3n) is 4.10. The Morgan fingerprint density at radius 3 is 2.50 bits per heavy atom. The van der Waals surface area contributed by atoms with E-state index in [-0.39, 0.29) is 11.9 Å². The van der Waals surface area contributed by atoms with Crippen LogP contribution in [-0.4, -0.2) is 49.7 Å². The summed E-state index contributed by atoms with van der Waals surface area (Å²) in [6, 6.07) is 7.55. The molecule has 3 rings (SSSR count). The number of rotatable bonds is 2. The zero-order valence-corrected chi connectivity index (χ0v) is 11.6. The minimum absolute atomic E-state index is 0.00482. The Morgan fingerprint density at radius 2 is 1.80 bits per heavy atom. The number of carbonyl (C=O) groups excluding carboxylic acids is 1. The third kappa shape index (κ3) is 2.64. The van der Waals surface area contributed by atoms with Crippen LogP contribution in [0.25, 0.3) is 0 Å². The predicted octanol–water partition coefficient (Wildman–Crippen LogP) is 1.10. The van der Waals surface area contributed by atoms with Gasteiger partial charge in [0.25, 0.3) is 0 Å². The number of amides is 1. The summed E-state index contributed by atoms with van der Waals surface area (Å²) in [7, 11) is 0. The Hall–Kier alpha value is -1.59. The maximum absolute atomic E-state index is 12.7. The van der Waals surface area contributed by atoms with Crippen molar-refractivity contribution >= 4 is 17.3 Å². The third-order valence-corrected chi connectivity index (χ3v) is 4.10. The maximum Gasteiger partial charge on any atom is 0.244 e. The molecule has 0 spiro atoms. The van der Waals surface area contributed by atoms with E-state index in [2.05, 4.69) is 4.90 Å². The first-order valence-electron chi connectivity index (χ1n) is 7.24. The molecule has 0 saturated carbocycles. The minimum atomic E-state index is 0.00482. The van der Waals surface area contributed by atoms with Crippen molar-refractivity contribution < 1.29 is 9.53 Å². The SMILES string of the molecule is Nc1ccc(N2CCCC(N3CCOCC3)C2=O)cc1. The number of nitrogens with two attached hydrogens (primary N) is 1. The molecule has 1 unspecified atom stereocenters. The van der Waals surface area contributed by atoms with Crippen molar-refractivity contribution in [2.75, 3.05) is 43.5 Å². The lowest BCUT2D eigenvalue weighted by molar-refractivity contribution is -0.127. The molecule has 2 aliphatic rings. The first-order chi connectivity index (χ1) is 9.75. The smallest absolute Gasteiger partial charge is 0.244 e. The summed E-state index contributed by atoms with van der Waals surface area (Å²) in [5.74, 6) is 0.211. The fraction of sp³-hybridized carbons (Fsp3) is 0.533. The Kier molecular flexibility index (Phi) is 3.89. The number of ether oxygens (including phenoxy) is 1. The van der Waals surface area contributed by atoms with E-state index in [1.807, 2.05) is 29.2 Å². The Balaban J connectivity index is 1.75. The molecule has 1 amide bonds. The number of benzene rings is 1. The zero-order chi connectivity index (χ0) is 13.9. The van der Waals surface area contributed by atoms with Crippen LogP contribution in [0.2, 0.25) is 0 Å². The van der Waals surface area contributed by atoms with Gasteiger partial charge in [-0.25, -0.2) is 0 Å². The monoisotopic (exact) mass is 275 g/mol. The number of hydrogen-bond donors (Lipinski definition) is 1. The molecule has 0 aromatic heterocycles. The first kappa shape index (κ1) is 13.4. The molecule has 2 saturated heterocycles. The van der Waals surface area contributed by atoms with Gasteiger partial charge in [0.15, 0.2) is 0 Å². The molecule has 1 aromatic carbocycles. The molecule has 20 heavy (non-hydrogen) atoms. The van der Waals surface area contributed by atoms with Gasteiger partial charge in [-0.05, 0) is 37.1 Å². The molecule has 2 fully saturated rings. The van der Waals surface area contributed by atoms with Gasteiger partial charge in [-0.2, -0.15) is 0 Å². The van der Waals surface area contributed by atoms with Crippen molar-refractivity contribution in [3.63, 3.8) is 0 Å². The molecule has 2 aliphatic heterocycles. The number of piperidine rings is 1. The van der Waals surface area contributed by atoms with Crippen LogP contribution in [0.1, 0.15) is 12.8 Å². The highest BCUT2D eigenvalue weighted by Gasteiger charge is 2.34. The van der Waals surface area contributed by atoms with Crippen LogP contribution >= 0.6 is 0 Å². The predicted molar refractivity (Wildman–Crippen MR) is 78.6 cm³/mol. The van der Waals surface area contributed by atoms with E-state index in [0.29, 0.717) is 0 Å². The second-order valence-electron chi connectivity index (χ2n) is 5.39. The Bertz CT molecular complexity index is 469. The van der Waals surface area contributed by atoms with E-state index in [1.165, 1.54) is 0 Å². The number of hydrogen-bond acceptors (Lipinski definition) is 4. The quantitative estimate of drug-likeness (QED) is 0.821. The van der Waals surface area contributed by atoms with Gasteiger partial charge in [-0.3, -0.25) is 9.69 Å². The summed E-state index contributed by atoms with van der Waals surface area (Å²) >= 11 is 0. The molecule has 1 atom stereocenters. The number of nitrogens with zero attached hydrogens (tertiary/aromatic N) is 2. The van der Waals surface area contributed by atoms with Gasteiger partial charge < -0.3 is 15.4 Å². The lowest BCUT2D eigenvalue weighted by Crippen LogP contribution is -2.55. The van der Waals surface area contributed by atoms with Crippen LogP contribution in [0, 0.1) is 0 Å². The lowest BCUT2D eigenvalue weighted by Gasteiger charge is -2.39. The lowest BCUT2D eigenvalue weighted by atomic mass is 10.0. The summed E-state index contributed by atoms with van der Waals surface area (Å²) in [4.78, 5) is 16.9. The zero-order valence-electron chi connectivity index (χ0n) is 11.6. The largest absolute Gasteiger partial charge is 0.399 e. The van der Waals surface area contributed by atoms with Crippen molar-refractivity contribution in [1.82, 2.24) is 4.90 Å². The molecule has 0 bridgehead atoms. The molecule has 108 valence electrons. The van der Waals surface area contributed by atoms with E-state index in [1.54, 1.807) is 0 Å². The Labute approximate surface area is 119 Å². The number of anilines is 2. The summed E-state index contributed by atoms with van der Waals surface area (Å²) in [5.41, 5.74) is 7.38. The fourth-order valence-electron chi connectivity index (χ4n) is 2.99. The molecule has 5 heteroatoms. The van der Waals surface area contributed by atoms with Crippen molar-refractivity contribution in [2.45, 2.75) is 18.9 Å². The number of carbonyl (C=O) groups is 1. The molecule has 0 radical (unpaired) electrons. The molecule has 1 aromatic rings. The van der Waals surface area contributed by atoms with Gasteiger partial charge in [0.05, 0.1) is 19.3 Å².